The Kier molecular flexibility index (Phi) is 8.91. The summed E-state index contributed by atoms with van der Waals surface area (Å²) < 4.78 is 10.3. The lowest BCUT2D eigenvalue weighted by molar-refractivity contribution is 0.0288. The van der Waals surface area contributed by atoms with Gasteiger partial charge in [0, 0.05) is 13.6 Å². The summed E-state index contributed by atoms with van der Waals surface area (Å²) in [6.45, 7) is 14.5. The standard InChI is InChI=1S/C18H33NO3/c1-14(10-9-11-16(3)21-8)15(2)12-13-19(7)17(20)22-18(4,5)6/h9,11,14-15H,3,10,12-13H2,1-2,4-8H3. The molecule has 0 fully saturated rings. The third-order valence-electron chi connectivity index (χ3n) is 3.67. The normalized spacial score (nSPS) is 14.5. The van der Waals surface area contributed by atoms with Crippen LogP contribution in [-0.2, 0) is 9.47 Å². The van der Waals surface area contributed by atoms with Gasteiger partial charge in [0.25, 0.3) is 0 Å². The van der Waals surface area contributed by atoms with Gasteiger partial charge in [-0.15, -0.1) is 0 Å². The molecule has 0 aliphatic rings. The first-order valence-corrected chi connectivity index (χ1v) is 7.90. The average molecular weight is 311 g/mol. The molecular weight excluding hydrogens is 278 g/mol. The molecule has 128 valence electrons. The quantitative estimate of drug-likeness (QED) is 0.485. The second-order valence-electron chi connectivity index (χ2n) is 6.95. The Morgan fingerprint density at radius 3 is 2.36 bits per heavy atom. The molecule has 0 spiro atoms. The highest BCUT2D eigenvalue weighted by Gasteiger charge is 2.20. The first-order valence-electron chi connectivity index (χ1n) is 7.90. The van der Waals surface area contributed by atoms with E-state index in [0.717, 1.165) is 12.8 Å². The molecule has 0 rings (SSSR count). The van der Waals surface area contributed by atoms with Crippen LogP contribution in [0.25, 0.3) is 0 Å². The van der Waals surface area contributed by atoms with Crippen LogP contribution in [0.4, 0.5) is 4.79 Å². The Labute approximate surface area is 136 Å². The number of methoxy groups -OCH3 is 1. The number of rotatable bonds is 8. The summed E-state index contributed by atoms with van der Waals surface area (Å²) in [5.74, 6) is 1.72. The molecule has 0 aromatic carbocycles. The number of allylic oxidation sites excluding steroid dienone is 2. The summed E-state index contributed by atoms with van der Waals surface area (Å²) in [5, 5.41) is 0. The fraction of sp³-hybridized carbons (Fsp3) is 0.722. The number of carbonyl (C=O) groups is 1. The Morgan fingerprint density at radius 2 is 1.86 bits per heavy atom. The molecule has 4 heteroatoms. The maximum Gasteiger partial charge on any atom is 0.410 e. The highest BCUT2D eigenvalue weighted by atomic mass is 16.6. The molecule has 0 aromatic heterocycles. The Hall–Kier alpha value is -1.45. The molecule has 0 bridgehead atoms. The molecular formula is C18H33NO3. The van der Waals surface area contributed by atoms with Gasteiger partial charge in [0.1, 0.15) is 11.4 Å². The average Bonchev–Trinajstić information content (AvgIpc) is 2.41. The first-order chi connectivity index (χ1) is 10.1. The van der Waals surface area contributed by atoms with E-state index in [1.165, 1.54) is 0 Å². The molecule has 2 unspecified atom stereocenters. The van der Waals surface area contributed by atoms with Gasteiger partial charge in [0.15, 0.2) is 0 Å². The zero-order chi connectivity index (χ0) is 17.3. The molecule has 2 atom stereocenters. The van der Waals surface area contributed by atoms with Gasteiger partial charge in [-0.3, -0.25) is 0 Å². The first kappa shape index (κ1) is 20.6. The predicted octanol–water partition coefficient (Wildman–Crippen LogP) is 4.62. The molecule has 0 saturated carbocycles. The van der Waals surface area contributed by atoms with Crippen molar-refractivity contribution in [2.24, 2.45) is 11.8 Å². The highest BCUT2D eigenvalue weighted by Crippen LogP contribution is 2.20. The van der Waals surface area contributed by atoms with E-state index in [0.29, 0.717) is 24.1 Å². The monoisotopic (exact) mass is 311 g/mol. The molecule has 1 amide bonds. The van der Waals surface area contributed by atoms with E-state index in [1.54, 1.807) is 19.1 Å². The number of amides is 1. The van der Waals surface area contributed by atoms with Crippen molar-refractivity contribution in [3.63, 3.8) is 0 Å². The van der Waals surface area contributed by atoms with Crippen molar-refractivity contribution >= 4 is 6.09 Å². The van der Waals surface area contributed by atoms with Gasteiger partial charge < -0.3 is 14.4 Å². The minimum atomic E-state index is -0.446. The Bertz CT molecular complexity index is 382. The van der Waals surface area contributed by atoms with Crippen LogP contribution in [-0.4, -0.2) is 37.3 Å². The lowest BCUT2D eigenvalue weighted by atomic mass is 9.90. The van der Waals surface area contributed by atoms with Crippen LogP contribution in [0.3, 0.4) is 0 Å². The number of ether oxygens (including phenoxy) is 2. The van der Waals surface area contributed by atoms with Crippen molar-refractivity contribution in [2.45, 2.75) is 53.1 Å². The largest absolute Gasteiger partial charge is 0.497 e. The van der Waals surface area contributed by atoms with Crippen LogP contribution in [0, 0.1) is 11.8 Å². The van der Waals surface area contributed by atoms with Crippen molar-refractivity contribution in [1.29, 1.82) is 0 Å². The summed E-state index contributed by atoms with van der Waals surface area (Å²) >= 11 is 0. The van der Waals surface area contributed by atoms with Crippen LogP contribution >= 0.6 is 0 Å². The van der Waals surface area contributed by atoms with Crippen LogP contribution in [0.2, 0.25) is 0 Å². The zero-order valence-electron chi connectivity index (χ0n) is 15.3. The van der Waals surface area contributed by atoms with Gasteiger partial charge in [-0.2, -0.15) is 0 Å². The maximum absolute atomic E-state index is 11.9. The fourth-order valence-corrected chi connectivity index (χ4v) is 1.83. The van der Waals surface area contributed by atoms with Crippen LogP contribution in [0.5, 0.6) is 0 Å². The number of hydrogen-bond donors (Lipinski definition) is 0. The highest BCUT2D eigenvalue weighted by molar-refractivity contribution is 5.67. The van der Waals surface area contributed by atoms with Gasteiger partial charge >= 0.3 is 6.09 Å². The van der Waals surface area contributed by atoms with Crippen molar-refractivity contribution < 1.29 is 14.3 Å². The van der Waals surface area contributed by atoms with Crippen molar-refractivity contribution in [2.75, 3.05) is 20.7 Å². The molecule has 0 aromatic rings. The molecule has 0 aliphatic heterocycles. The lowest BCUT2D eigenvalue weighted by Crippen LogP contribution is -2.35. The second-order valence-corrected chi connectivity index (χ2v) is 6.95. The summed E-state index contributed by atoms with van der Waals surface area (Å²) in [5.41, 5.74) is -0.446. The smallest absolute Gasteiger partial charge is 0.410 e. The predicted molar refractivity (Wildman–Crippen MR) is 91.7 cm³/mol. The molecule has 0 saturated heterocycles. The van der Waals surface area contributed by atoms with Crippen molar-refractivity contribution in [3.05, 3.63) is 24.5 Å². The van der Waals surface area contributed by atoms with Gasteiger partial charge in [0.2, 0.25) is 0 Å². The van der Waals surface area contributed by atoms with Gasteiger partial charge in [-0.05, 0) is 51.5 Å². The maximum atomic E-state index is 11.9. The Morgan fingerprint density at radius 1 is 1.27 bits per heavy atom. The number of nitrogens with zero attached hydrogens (tertiary/aromatic N) is 1. The summed E-state index contributed by atoms with van der Waals surface area (Å²) in [7, 11) is 3.40. The molecule has 0 aliphatic carbocycles. The Balaban J connectivity index is 4.15. The van der Waals surface area contributed by atoms with E-state index in [9.17, 15) is 4.79 Å². The minimum absolute atomic E-state index is 0.261. The molecule has 0 N–H and O–H groups in total. The van der Waals surface area contributed by atoms with Crippen LogP contribution < -0.4 is 0 Å². The van der Waals surface area contributed by atoms with E-state index < -0.39 is 5.60 Å². The lowest BCUT2D eigenvalue weighted by Gasteiger charge is -2.26. The molecule has 4 nitrogen and oxygen atoms in total. The van der Waals surface area contributed by atoms with E-state index in [2.05, 4.69) is 26.5 Å². The van der Waals surface area contributed by atoms with Gasteiger partial charge in [-0.1, -0.05) is 26.5 Å². The van der Waals surface area contributed by atoms with Crippen molar-refractivity contribution in [1.82, 2.24) is 4.90 Å². The zero-order valence-corrected chi connectivity index (χ0v) is 15.3. The summed E-state index contributed by atoms with van der Waals surface area (Å²) in [4.78, 5) is 13.5. The number of carbonyl (C=O) groups excluding carboxylic acids is 1. The molecule has 0 heterocycles. The summed E-state index contributed by atoms with van der Waals surface area (Å²) in [6, 6.07) is 0. The number of hydrogen-bond acceptors (Lipinski definition) is 3. The van der Waals surface area contributed by atoms with Crippen molar-refractivity contribution in [3.8, 4) is 0 Å². The molecule has 0 radical (unpaired) electrons. The second kappa shape index (κ2) is 9.54. The van der Waals surface area contributed by atoms with Crippen LogP contribution in [0.1, 0.15) is 47.5 Å². The van der Waals surface area contributed by atoms with Gasteiger partial charge in [-0.25, -0.2) is 4.79 Å². The van der Waals surface area contributed by atoms with E-state index in [4.69, 9.17) is 9.47 Å². The third-order valence-corrected chi connectivity index (χ3v) is 3.67. The SMILES string of the molecule is C=C(C=CCC(C)C(C)CCN(C)C(=O)OC(C)(C)C)OC. The third kappa shape index (κ3) is 9.48. The van der Waals surface area contributed by atoms with E-state index in [-0.39, 0.29) is 6.09 Å². The summed E-state index contributed by atoms with van der Waals surface area (Å²) in [6.07, 6.45) is 5.65. The van der Waals surface area contributed by atoms with Gasteiger partial charge in [0.05, 0.1) is 7.11 Å². The molecule has 22 heavy (non-hydrogen) atoms. The van der Waals surface area contributed by atoms with E-state index in [1.807, 2.05) is 26.8 Å². The van der Waals surface area contributed by atoms with Crippen LogP contribution in [0.15, 0.2) is 24.5 Å². The minimum Gasteiger partial charge on any atom is -0.497 e. The topological polar surface area (TPSA) is 38.8 Å². The fourth-order valence-electron chi connectivity index (χ4n) is 1.83. The van der Waals surface area contributed by atoms with E-state index >= 15 is 0 Å².